The zero-order valence-electron chi connectivity index (χ0n) is 10.1. The quantitative estimate of drug-likeness (QED) is 0.771. The first kappa shape index (κ1) is 15.7. The minimum atomic E-state index is -0.142. The van der Waals surface area contributed by atoms with Crippen molar-refractivity contribution < 1.29 is 4.39 Å². The lowest BCUT2D eigenvalue weighted by molar-refractivity contribution is 0.174. The van der Waals surface area contributed by atoms with E-state index in [1.54, 1.807) is 6.07 Å². The van der Waals surface area contributed by atoms with Crippen molar-refractivity contribution in [1.82, 2.24) is 5.32 Å². The molecule has 0 radical (unpaired) electrons. The van der Waals surface area contributed by atoms with E-state index in [0.29, 0.717) is 0 Å². The fourth-order valence-electron chi connectivity index (χ4n) is 3.26. The largest absolute Gasteiger partial charge is 0.323 e. The number of fused-ring (bicyclic) bond motifs is 1. The predicted octanol–water partition coefficient (Wildman–Crippen LogP) is 2.60. The normalized spacial score (nSPS) is 24.0. The van der Waals surface area contributed by atoms with Crippen molar-refractivity contribution in [3.05, 3.63) is 35.1 Å². The summed E-state index contributed by atoms with van der Waals surface area (Å²) in [5.74, 6) is -0.142. The molecule has 1 spiro atoms. The van der Waals surface area contributed by atoms with Crippen LogP contribution >= 0.6 is 24.8 Å². The second-order valence-electron chi connectivity index (χ2n) is 5.11. The zero-order chi connectivity index (χ0) is 11.2. The molecule has 1 atom stereocenters. The molecule has 5 heteroatoms. The summed E-state index contributed by atoms with van der Waals surface area (Å²) in [6.45, 7) is 2.06. The van der Waals surface area contributed by atoms with E-state index in [0.717, 1.165) is 43.5 Å². The van der Waals surface area contributed by atoms with Crippen molar-refractivity contribution in [3.63, 3.8) is 0 Å². The van der Waals surface area contributed by atoms with E-state index in [9.17, 15) is 4.39 Å². The molecule has 0 amide bonds. The highest BCUT2D eigenvalue weighted by Crippen LogP contribution is 2.49. The van der Waals surface area contributed by atoms with Crippen LogP contribution in [0.5, 0.6) is 0 Å². The lowest BCUT2D eigenvalue weighted by Gasteiger charge is -2.37. The molecule has 0 bridgehead atoms. The van der Waals surface area contributed by atoms with Gasteiger partial charge in [0.05, 0.1) is 0 Å². The van der Waals surface area contributed by atoms with E-state index >= 15 is 0 Å². The molecule has 2 nitrogen and oxygen atoms in total. The molecule has 2 aliphatic rings. The summed E-state index contributed by atoms with van der Waals surface area (Å²) >= 11 is 0. The average molecular weight is 293 g/mol. The standard InChI is InChI=1S/C13H17FN2.2ClH/c14-10-1-2-11-9(7-10)8-13(12(11)15)3-5-16-6-4-13;;/h1-2,7,12,16H,3-6,8,15H2;2*1H/t12-;;/m1../s1. The van der Waals surface area contributed by atoms with Crippen molar-refractivity contribution in [2.75, 3.05) is 13.1 Å². The molecular weight excluding hydrogens is 274 g/mol. The van der Waals surface area contributed by atoms with Crippen molar-refractivity contribution in [3.8, 4) is 0 Å². The SMILES string of the molecule is Cl.Cl.N[C@@H]1c2ccc(F)cc2CC12CCNCC2. The predicted molar refractivity (Wildman–Crippen MR) is 76.1 cm³/mol. The molecule has 3 rings (SSSR count). The molecule has 1 heterocycles. The summed E-state index contributed by atoms with van der Waals surface area (Å²) in [5.41, 5.74) is 8.81. The molecule has 102 valence electrons. The summed E-state index contributed by atoms with van der Waals surface area (Å²) in [4.78, 5) is 0. The maximum atomic E-state index is 13.2. The second kappa shape index (κ2) is 5.74. The van der Waals surface area contributed by atoms with Crippen LogP contribution in [0.15, 0.2) is 18.2 Å². The van der Waals surface area contributed by atoms with E-state index in [1.165, 1.54) is 6.07 Å². The van der Waals surface area contributed by atoms with Crippen LogP contribution < -0.4 is 11.1 Å². The number of halogens is 3. The molecule has 1 aromatic rings. The van der Waals surface area contributed by atoms with Crippen LogP contribution in [-0.4, -0.2) is 13.1 Å². The molecule has 1 aromatic carbocycles. The van der Waals surface area contributed by atoms with Crippen LogP contribution in [0.3, 0.4) is 0 Å². The molecule has 18 heavy (non-hydrogen) atoms. The van der Waals surface area contributed by atoms with Gasteiger partial charge in [-0.25, -0.2) is 4.39 Å². The van der Waals surface area contributed by atoms with Gasteiger partial charge in [0.25, 0.3) is 0 Å². The fourth-order valence-corrected chi connectivity index (χ4v) is 3.26. The van der Waals surface area contributed by atoms with Gasteiger partial charge in [0.15, 0.2) is 0 Å². The van der Waals surface area contributed by atoms with E-state index < -0.39 is 0 Å². The van der Waals surface area contributed by atoms with Crippen LogP contribution in [0.25, 0.3) is 0 Å². The maximum Gasteiger partial charge on any atom is 0.123 e. The summed E-state index contributed by atoms with van der Waals surface area (Å²) in [6.07, 6.45) is 3.15. The van der Waals surface area contributed by atoms with Crippen molar-refractivity contribution in [1.29, 1.82) is 0 Å². The Labute approximate surface area is 119 Å². The Balaban J connectivity index is 0.000000810. The Morgan fingerprint density at radius 3 is 2.56 bits per heavy atom. The molecule has 3 N–H and O–H groups in total. The minimum Gasteiger partial charge on any atom is -0.323 e. The van der Waals surface area contributed by atoms with Gasteiger partial charge in [0, 0.05) is 6.04 Å². The van der Waals surface area contributed by atoms with E-state index in [-0.39, 0.29) is 42.1 Å². The lowest BCUT2D eigenvalue weighted by Crippen LogP contribution is -2.41. The third kappa shape index (κ3) is 2.37. The average Bonchev–Trinajstić information content (AvgIpc) is 2.53. The van der Waals surface area contributed by atoms with Crippen molar-refractivity contribution in [2.45, 2.75) is 25.3 Å². The fraction of sp³-hybridized carbons (Fsp3) is 0.538. The topological polar surface area (TPSA) is 38.0 Å². The maximum absolute atomic E-state index is 13.2. The summed E-state index contributed by atoms with van der Waals surface area (Å²) in [5, 5.41) is 3.36. The number of nitrogens with two attached hydrogens (primary N) is 1. The van der Waals surface area contributed by atoms with Gasteiger partial charge in [-0.3, -0.25) is 0 Å². The van der Waals surface area contributed by atoms with Crippen LogP contribution in [0, 0.1) is 11.2 Å². The van der Waals surface area contributed by atoms with Gasteiger partial charge in [-0.15, -0.1) is 24.8 Å². The van der Waals surface area contributed by atoms with Crippen LogP contribution in [-0.2, 0) is 6.42 Å². The zero-order valence-corrected chi connectivity index (χ0v) is 11.7. The van der Waals surface area contributed by atoms with Crippen LogP contribution in [0.2, 0.25) is 0 Å². The Morgan fingerprint density at radius 2 is 1.89 bits per heavy atom. The highest BCUT2D eigenvalue weighted by molar-refractivity contribution is 5.85. The number of benzene rings is 1. The number of rotatable bonds is 0. The van der Waals surface area contributed by atoms with Crippen LogP contribution in [0.1, 0.15) is 30.0 Å². The molecule has 0 unspecified atom stereocenters. The number of piperidine rings is 1. The molecule has 0 aromatic heterocycles. The van der Waals surface area contributed by atoms with Gasteiger partial charge < -0.3 is 11.1 Å². The Kier molecular flexibility index (Phi) is 5.01. The monoisotopic (exact) mass is 292 g/mol. The van der Waals surface area contributed by atoms with Crippen LogP contribution in [0.4, 0.5) is 4.39 Å². The van der Waals surface area contributed by atoms with E-state index in [1.807, 2.05) is 6.07 Å². The summed E-state index contributed by atoms with van der Waals surface area (Å²) in [6, 6.07) is 5.14. The number of nitrogens with one attached hydrogen (secondary N) is 1. The molecule has 1 aliphatic carbocycles. The molecular formula is C13H19Cl2FN2. The van der Waals surface area contributed by atoms with Gasteiger partial charge in [-0.05, 0) is 61.0 Å². The van der Waals surface area contributed by atoms with Crippen molar-refractivity contribution >= 4 is 24.8 Å². The second-order valence-corrected chi connectivity index (χ2v) is 5.11. The minimum absolute atomic E-state index is 0. The molecule has 1 aliphatic heterocycles. The molecule has 0 saturated carbocycles. The molecule has 1 fully saturated rings. The first-order valence-corrected chi connectivity index (χ1v) is 5.96. The molecule has 1 saturated heterocycles. The first-order valence-electron chi connectivity index (χ1n) is 5.96. The van der Waals surface area contributed by atoms with Gasteiger partial charge in [-0.1, -0.05) is 6.07 Å². The van der Waals surface area contributed by atoms with Gasteiger partial charge in [0.1, 0.15) is 5.82 Å². The first-order chi connectivity index (χ1) is 7.71. The smallest absolute Gasteiger partial charge is 0.123 e. The number of hydrogen-bond acceptors (Lipinski definition) is 2. The lowest BCUT2D eigenvalue weighted by atomic mass is 9.73. The Bertz CT molecular complexity index is 419. The Hall–Kier alpha value is -0.350. The summed E-state index contributed by atoms with van der Waals surface area (Å²) < 4.78 is 13.2. The van der Waals surface area contributed by atoms with E-state index in [4.69, 9.17) is 5.73 Å². The van der Waals surface area contributed by atoms with Gasteiger partial charge in [-0.2, -0.15) is 0 Å². The van der Waals surface area contributed by atoms with E-state index in [2.05, 4.69) is 5.32 Å². The highest BCUT2D eigenvalue weighted by Gasteiger charge is 2.44. The number of hydrogen-bond donors (Lipinski definition) is 2. The third-order valence-electron chi connectivity index (χ3n) is 4.24. The highest BCUT2D eigenvalue weighted by atomic mass is 35.5. The van der Waals surface area contributed by atoms with Gasteiger partial charge in [0.2, 0.25) is 0 Å². The van der Waals surface area contributed by atoms with Gasteiger partial charge >= 0.3 is 0 Å². The Morgan fingerprint density at radius 1 is 1.22 bits per heavy atom. The third-order valence-corrected chi connectivity index (χ3v) is 4.24. The van der Waals surface area contributed by atoms with Crippen molar-refractivity contribution in [2.24, 2.45) is 11.1 Å². The summed E-state index contributed by atoms with van der Waals surface area (Å²) in [7, 11) is 0.